The zero-order chi connectivity index (χ0) is 18.0. The van der Waals surface area contributed by atoms with E-state index in [1.54, 1.807) is 6.20 Å². The van der Waals surface area contributed by atoms with Gasteiger partial charge in [-0.1, -0.05) is 56.6 Å². The average Bonchev–Trinajstić information content (AvgIpc) is 2.98. The highest BCUT2D eigenvalue weighted by Crippen LogP contribution is 2.32. The number of benzene rings is 1. The van der Waals surface area contributed by atoms with Gasteiger partial charge in [0.15, 0.2) is 0 Å². The summed E-state index contributed by atoms with van der Waals surface area (Å²) in [5.41, 5.74) is 3.66. The minimum absolute atomic E-state index is 0.131. The molecule has 0 radical (unpaired) electrons. The van der Waals surface area contributed by atoms with Crippen LogP contribution in [0.4, 0.5) is 0 Å². The number of pyridine rings is 1. The number of hydrogen-bond acceptors (Lipinski definition) is 2. The van der Waals surface area contributed by atoms with E-state index in [0.29, 0.717) is 11.4 Å². The molecule has 0 spiro atoms. The van der Waals surface area contributed by atoms with Crippen molar-refractivity contribution in [1.82, 2.24) is 10.3 Å². The number of nitrogens with zero attached hydrogens (tertiary/aromatic N) is 1. The van der Waals surface area contributed by atoms with Gasteiger partial charge >= 0.3 is 0 Å². The summed E-state index contributed by atoms with van der Waals surface area (Å²) in [6.07, 6.45) is 4.06. The van der Waals surface area contributed by atoms with Crippen molar-refractivity contribution in [2.24, 2.45) is 0 Å². The summed E-state index contributed by atoms with van der Waals surface area (Å²) in [6.45, 7) is 6.65. The summed E-state index contributed by atoms with van der Waals surface area (Å²) >= 11 is 6.00. The van der Waals surface area contributed by atoms with E-state index in [0.717, 1.165) is 18.5 Å². The SMILES string of the molecule is CC(C)(C)c1ccc(C(C[C@@H]2CCC(=O)N2)c2ccc(Cl)cn2)cc1. The standard InChI is InChI=1S/C21H25ClN2O/c1-21(2,3)15-6-4-14(5-7-15)18(12-17-9-11-20(25)24-17)19-10-8-16(22)13-23-19/h4-8,10,13,17-18H,9,11-12H2,1-3H3,(H,24,25)/t17-,18?/m0/s1. The topological polar surface area (TPSA) is 42.0 Å². The fourth-order valence-corrected chi connectivity index (χ4v) is 3.49. The molecule has 2 heterocycles. The molecular formula is C21H25ClN2O. The highest BCUT2D eigenvalue weighted by atomic mass is 35.5. The molecule has 1 aliphatic heterocycles. The number of carbonyl (C=O) groups is 1. The van der Waals surface area contributed by atoms with E-state index in [1.807, 2.05) is 12.1 Å². The van der Waals surface area contributed by atoms with Gasteiger partial charge in [0.2, 0.25) is 5.91 Å². The highest BCUT2D eigenvalue weighted by Gasteiger charge is 2.27. The fourth-order valence-electron chi connectivity index (χ4n) is 3.38. The van der Waals surface area contributed by atoms with E-state index < -0.39 is 0 Å². The summed E-state index contributed by atoms with van der Waals surface area (Å²) < 4.78 is 0. The molecule has 1 unspecified atom stereocenters. The summed E-state index contributed by atoms with van der Waals surface area (Å²) in [7, 11) is 0. The number of hydrogen-bond donors (Lipinski definition) is 1. The molecule has 3 nitrogen and oxygen atoms in total. The predicted molar refractivity (Wildman–Crippen MR) is 102 cm³/mol. The molecule has 2 atom stereocenters. The summed E-state index contributed by atoms with van der Waals surface area (Å²) in [5, 5.41) is 3.72. The molecule has 132 valence electrons. The van der Waals surface area contributed by atoms with Gasteiger partial charge in [0.25, 0.3) is 0 Å². The number of rotatable bonds is 4. The van der Waals surface area contributed by atoms with Crippen LogP contribution in [-0.4, -0.2) is 16.9 Å². The molecular weight excluding hydrogens is 332 g/mol. The molecule has 3 rings (SSSR count). The van der Waals surface area contributed by atoms with Crippen molar-refractivity contribution < 1.29 is 4.79 Å². The molecule has 1 fully saturated rings. The van der Waals surface area contributed by atoms with Gasteiger partial charge in [-0.2, -0.15) is 0 Å². The molecule has 1 saturated heterocycles. The van der Waals surface area contributed by atoms with Crippen LogP contribution in [0.15, 0.2) is 42.6 Å². The molecule has 1 amide bonds. The average molecular weight is 357 g/mol. The Morgan fingerprint density at radius 1 is 1.20 bits per heavy atom. The molecule has 25 heavy (non-hydrogen) atoms. The Morgan fingerprint density at radius 3 is 2.44 bits per heavy atom. The second kappa shape index (κ2) is 7.17. The van der Waals surface area contributed by atoms with Crippen molar-refractivity contribution in [2.45, 2.75) is 57.4 Å². The summed E-state index contributed by atoms with van der Waals surface area (Å²) in [6, 6.07) is 12.9. The van der Waals surface area contributed by atoms with Crippen LogP contribution >= 0.6 is 11.6 Å². The Bertz CT molecular complexity index is 732. The van der Waals surface area contributed by atoms with Crippen LogP contribution in [0, 0.1) is 0 Å². The molecule has 1 aromatic carbocycles. The second-order valence-electron chi connectivity index (χ2n) is 7.86. The van der Waals surface area contributed by atoms with Crippen molar-refractivity contribution in [3.8, 4) is 0 Å². The van der Waals surface area contributed by atoms with E-state index >= 15 is 0 Å². The number of nitrogens with one attached hydrogen (secondary N) is 1. The molecule has 1 N–H and O–H groups in total. The largest absolute Gasteiger partial charge is 0.353 e. The molecule has 0 bridgehead atoms. The normalized spacial score (nSPS) is 18.9. The third-order valence-electron chi connectivity index (χ3n) is 4.89. The van der Waals surface area contributed by atoms with Gasteiger partial charge in [0.1, 0.15) is 0 Å². The van der Waals surface area contributed by atoms with Gasteiger partial charge in [0.05, 0.1) is 5.02 Å². The minimum Gasteiger partial charge on any atom is -0.353 e. The first-order valence-corrected chi connectivity index (χ1v) is 9.22. The van der Waals surface area contributed by atoms with Gasteiger partial charge < -0.3 is 5.32 Å². The molecule has 1 aliphatic rings. The first kappa shape index (κ1) is 17.9. The Morgan fingerprint density at radius 2 is 1.92 bits per heavy atom. The molecule has 2 aromatic rings. The zero-order valence-electron chi connectivity index (χ0n) is 15.1. The lowest BCUT2D eigenvalue weighted by Gasteiger charge is -2.23. The smallest absolute Gasteiger partial charge is 0.220 e. The summed E-state index contributed by atoms with van der Waals surface area (Å²) in [4.78, 5) is 16.1. The lowest BCUT2D eigenvalue weighted by atomic mass is 9.83. The van der Waals surface area contributed by atoms with Crippen molar-refractivity contribution in [1.29, 1.82) is 0 Å². The fraction of sp³-hybridized carbons (Fsp3) is 0.429. The Balaban J connectivity index is 1.90. The van der Waals surface area contributed by atoms with Gasteiger partial charge in [-0.05, 0) is 41.5 Å². The molecule has 0 saturated carbocycles. The minimum atomic E-state index is 0.131. The van der Waals surface area contributed by atoms with Crippen LogP contribution in [0.2, 0.25) is 5.02 Å². The van der Waals surface area contributed by atoms with Gasteiger partial charge in [0, 0.05) is 30.3 Å². The Hall–Kier alpha value is -1.87. The Kier molecular flexibility index (Phi) is 5.14. The van der Waals surface area contributed by atoms with E-state index in [9.17, 15) is 4.79 Å². The maximum absolute atomic E-state index is 11.6. The highest BCUT2D eigenvalue weighted by molar-refractivity contribution is 6.30. The Labute approximate surface area is 154 Å². The lowest BCUT2D eigenvalue weighted by molar-refractivity contribution is -0.119. The van der Waals surface area contributed by atoms with Crippen LogP contribution in [0.3, 0.4) is 0 Å². The van der Waals surface area contributed by atoms with E-state index in [4.69, 9.17) is 11.6 Å². The van der Waals surface area contributed by atoms with E-state index in [-0.39, 0.29) is 23.3 Å². The number of amides is 1. The lowest BCUT2D eigenvalue weighted by Crippen LogP contribution is -2.27. The van der Waals surface area contributed by atoms with Crippen molar-refractivity contribution >= 4 is 17.5 Å². The van der Waals surface area contributed by atoms with Crippen LogP contribution in [-0.2, 0) is 10.2 Å². The van der Waals surface area contributed by atoms with Crippen molar-refractivity contribution in [3.63, 3.8) is 0 Å². The maximum atomic E-state index is 11.6. The summed E-state index contributed by atoms with van der Waals surface area (Å²) in [5.74, 6) is 0.297. The van der Waals surface area contributed by atoms with Crippen LogP contribution in [0.25, 0.3) is 0 Å². The molecule has 0 aliphatic carbocycles. The van der Waals surface area contributed by atoms with Gasteiger partial charge in [-0.15, -0.1) is 0 Å². The number of halogens is 1. The first-order chi connectivity index (χ1) is 11.8. The third kappa shape index (κ3) is 4.40. The van der Waals surface area contributed by atoms with E-state index in [1.165, 1.54) is 11.1 Å². The van der Waals surface area contributed by atoms with Crippen LogP contribution < -0.4 is 5.32 Å². The maximum Gasteiger partial charge on any atom is 0.220 e. The zero-order valence-corrected chi connectivity index (χ0v) is 15.8. The molecule has 1 aromatic heterocycles. The van der Waals surface area contributed by atoms with Crippen molar-refractivity contribution in [3.05, 3.63) is 64.4 Å². The van der Waals surface area contributed by atoms with Crippen LogP contribution in [0.5, 0.6) is 0 Å². The monoisotopic (exact) mass is 356 g/mol. The van der Waals surface area contributed by atoms with Gasteiger partial charge in [-0.25, -0.2) is 0 Å². The number of carbonyl (C=O) groups excluding carboxylic acids is 1. The van der Waals surface area contributed by atoms with E-state index in [2.05, 4.69) is 55.3 Å². The first-order valence-electron chi connectivity index (χ1n) is 8.84. The quantitative estimate of drug-likeness (QED) is 0.852. The predicted octanol–water partition coefficient (Wildman–Crippen LogP) is 4.83. The van der Waals surface area contributed by atoms with Crippen LogP contribution in [0.1, 0.15) is 62.8 Å². The van der Waals surface area contributed by atoms with Gasteiger partial charge in [-0.3, -0.25) is 9.78 Å². The molecule has 4 heteroatoms. The number of aromatic nitrogens is 1. The third-order valence-corrected chi connectivity index (χ3v) is 5.12. The second-order valence-corrected chi connectivity index (χ2v) is 8.30. The van der Waals surface area contributed by atoms with Crippen molar-refractivity contribution in [2.75, 3.05) is 0 Å².